The van der Waals surface area contributed by atoms with E-state index >= 15 is 0 Å². The number of rotatable bonds is 6. The fraction of sp³-hybridized carbons (Fsp3) is 0.182. The molecular weight excluding hydrogens is 384 g/mol. The van der Waals surface area contributed by atoms with E-state index < -0.39 is 5.56 Å². The number of hydrogen-bond acceptors (Lipinski definition) is 5. The minimum absolute atomic E-state index is 0.0461. The lowest BCUT2D eigenvalue weighted by atomic mass is 10.0. The largest absolute Gasteiger partial charge is 0.325 e. The van der Waals surface area contributed by atoms with Gasteiger partial charge in [0.05, 0.1) is 11.4 Å². The maximum atomic E-state index is 12.3. The van der Waals surface area contributed by atoms with E-state index in [1.54, 1.807) is 12.1 Å². The third-order valence-electron chi connectivity index (χ3n) is 4.26. The van der Waals surface area contributed by atoms with Crippen LogP contribution in [0.15, 0.2) is 64.5 Å². The highest BCUT2D eigenvalue weighted by atomic mass is 32.2. The molecule has 1 aromatic heterocycles. The van der Waals surface area contributed by atoms with Crippen LogP contribution >= 0.6 is 11.8 Å². The summed E-state index contributed by atoms with van der Waals surface area (Å²) in [4.78, 5) is 31.5. The normalized spacial score (nSPS) is 10.6. The summed E-state index contributed by atoms with van der Waals surface area (Å²) < 4.78 is 0. The van der Waals surface area contributed by atoms with E-state index in [-0.39, 0.29) is 22.4 Å². The van der Waals surface area contributed by atoms with Crippen LogP contribution in [0.5, 0.6) is 0 Å². The van der Waals surface area contributed by atoms with Gasteiger partial charge in [-0.1, -0.05) is 68.1 Å². The Balaban J connectivity index is 1.72. The van der Waals surface area contributed by atoms with Gasteiger partial charge in [0.1, 0.15) is 11.6 Å². The van der Waals surface area contributed by atoms with Gasteiger partial charge >= 0.3 is 0 Å². The molecule has 0 unspecified atom stereocenters. The number of amides is 1. The standard InChI is InChI=1S/C22H20N4O2S/c1-14(2)15-8-10-17(11-9-15)24-19(27)13-29-22-25-20(16-6-4-3-5-7-16)18(12-23)21(28)26-22/h3-11,14H,13H2,1-2H3,(H,24,27)(H,25,26,28). The lowest BCUT2D eigenvalue weighted by Crippen LogP contribution is -2.17. The quantitative estimate of drug-likeness (QED) is 0.475. The van der Waals surface area contributed by atoms with Gasteiger partial charge in [0.2, 0.25) is 5.91 Å². The van der Waals surface area contributed by atoms with E-state index in [0.29, 0.717) is 22.9 Å². The van der Waals surface area contributed by atoms with Crippen LogP contribution in [0, 0.1) is 11.3 Å². The van der Waals surface area contributed by atoms with Crippen LogP contribution in [0.4, 0.5) is 5.69 Å². The van der Waals surface area contributed by atoms with Gasteiger partial charge in [-0.2, -0.15) is 5.26 Å². The number of nitrogens with zero attached hydrogens (tertiary/aromatic N) is 2. The zero-order chi connectivity index (χ0) is 20.8. The molecule has 0 aliphatic rings. The Morgan fingerprint density at radius 2 is 1.86 bits per heavy atom. The molecule has 1 heterocycles. The summed E-state index contributed by atoms with van der Waals surface area (Å²) in [5.41, 5.74) is 2.33. The van der Waals surface area contributed by atoms with Gasteiger partial charge in [0.15, 0.2) is 5.16 Å². The summed E-state index contributed by atoms with van der Waals surface area (Å²) >= 11 is 1.11. The van der Waals surface area contributed by atoms with Crippen molar-refractivity contribution >= 4 is 23.4 Å². The van der Waals surface area contributed by atoms with Crippen LogP contribution < -0.4 is 10.9 Å². The number of carbonyl (C=O) groups is 1. The fourth-order valence-corrected chi connectivity index (χ4v) is 3.37. The zero-order valence-electron chi connectivity index (χ0n) is 16.1. The Morgan fingerprint density at radius 3 is 2.48 bits per heavy atom. The first-order chi connectivity index (χ1) is 14.0. The molecule has 0 aliphatic carbocycles. The van der Waals surface area contributed by atoms with Gasteiger partial charge in [-0.3, -0.25) is 9.59 Å². The lowest BCUT2D eigenvalue weighted by Gasteiger charge is -2.09. The average Bonchev–Trinajstić information content (AvgIpc) is 2.73. The molecule has 146 valence electrons. The maximum Gasteiger partial charge on any atom is 0.270 e. The number of nitrogens with one attached hydrogen (secondary N) is 2. The molecule has 7 heteroatoms. The Labute approximate surface area is 173 Å². The summed E-state index contributed by atoms with van der Waals surface area (Å²) in [5.74, 6) is 0.295. The van der Waals surface area contributed by atoms with Gasteiger partial charge in [0.25, 0.3) is 5.56 Å². The Hall–Kier alpha value is -3.37. The smallest absolute Gasteiger partial charge is 0.270 e. The highest BCUT2D eigenvalue weighted by Crippen LogP contribution is 2.22. The predicted molar refractivity (Wildman–Crippen MR) is 115 cm³/mol. The molecule has 3 aromatic rings. The number of benzene rings is 2. The summed E-state index contributed by atoms with van der Waals surface area (Å²) in [6, 6.07) is 18.6. The van der Waals surface area contributed by atoms with Gasteiger partial charge in [-0.25, -0.2) is 4.98 Å². The molecule has 29 heavy (non-hydrogen) atoms. The number of aromatic amines is 1. The van der Waals surface area contributed by atoms with Crippen LogP contribution in [-0.4, -0.2) is 21.6 Å². The number of nitriles is 1. The van der Waals surface area contributed by atoms with Crippen molar-refractivity contribution in [3.63, 3.8) is 0 Å². The van der Waals surface area contributed by atoms with E-state index in [4.69, 9.17) is 0 Å². The average molecular weight is 404 g/mol. The van der Waals surface area contributed by atoms with Gasteiger partial charge in [0, 0.05) is 11.3 Å². The minimum atomic E-state index is -0.520. The number of carbonyl (C=O) groups excluding carboxylic acids is 1. The molecule has 6 nitrogen and oxygen atoms in total. The molecule has 0 spiro atoms. The molecule has 3 rings (SSSR count). The van der Waals surface area contributed by atoms with Crippen molar-refractivity contribution in [2.24, 2.45) is 0 Å². The molecule has 2 N–H and O–H groups in total. The van der Waals surface area contributed by atoms with Gasteiger partial charge in [-0.05, 0) is 23.6 Å². The molecule has 0 radical (unpaired) electrons. The van der Waals surface area contributed by atoms with Gasteiger partial charge < -0.3 is 10.3 Å². The van der Waals surface area contributed by atoms with Crippen molar-refractivity contribution in [3.05, 3.63) is 76.1 Å². The highest BCUT2D eigenvalue weighted by Gasteiger charge is 2.14. The van der Waals surface area contributed by atoms with E-state index in [1.165, 1.54) is 5.56 Å². The molecule has 1 amide bonds. The van der Waals surface area contributed by atoms with Crippen molar-refractivity contribution in [2.45, 2.75) is 24.9 Å². The van der Waals surface area contributed by atoms with Crippen molar-refractivity contribution in [3.8, 4) is 17.3 Å². The molecule has 0 fully saturated rings. The molecule has 0 saturated heterocycles. The number of H-pyrrole nitrogens is 1. The van der Waals surface area contributed by atoms with Crippen LogP contribution in [0.3, 0.4) is 0 Å². The lowest BCUT2D eigenvalue weighted by molar-refractivity contribution is -0.113. The topological polar surface area (TPSA) is 98.6 Å². The van der Waals surface area contributed by atoms with Crippen molar-refractivity contribution < 1.29 is 4.79 Å². The third kappa shape index (κ3) is 5.12. The summed E-state index contributed by atoms with van der Waals surface area (Å²) in [6.45, 7) is 4.22. The van der Waals surface area contributed by atoms with E-state index in [9.17, 15) is 14.9 Å². The van der Waals surface area contributed by atoms with Crippen LogP contribution in [0.25, 0.3) is 11.3 Å². The second-order valence-electron chi connectivity index (χ2n) is 6.69. The van der Waals surface area contributed by atoms with Crippen molar-refractivity contribution in [1.82, 2.24) is 9.97 Å². The highest BCUT2D eigenvalue weighted by molar-refractivity contribution is 7.99. The molecular formula is C22H20N4O2S. The van der Waals surface area contributed by atoms with E-state index in [0.717, 1.165) is 11.8 Å². The third-order valence-corrected chi connectivity index (χ3v) is 5.13. The molecule has 0 bridgehead atoms. The van der Waals surface area contributed by atoms with Crippen LogP contribution in [0.2, 0.25) is 0 Å². The monoisotopic (exact) mass is 404 g/mol. The number of hydrogen-bond donors (Lipinski definition) is 2. The second kappa shape index (κ2) is 9.22. The van der Waals surface area contributed by atoms with Crippen LogP contribution in [0.1, 0.15) is 30.9 Å². The van der Waals surface area contributed by atoms with E-state index in [2.05, 4.69) is 29.1 Å². The Kier molecular flexibility index (Phi) is 6.47. The van der Waals surface area contributed by atoms with Crippen molar-refractivity contribution in [2.75, 3.05) is 11.1 Å². The summed E-state index contributed by atoms with van der Waals surface area (Å²) in [7, 11) is 0. The van der Waals surface area contributed by atoms with Crippen LogP contribution in [-0.2, 0) is 4.79 Å². The molecule has 0 saturated carbocycles. The minimum Gasteiger partial charge on any atom is -0.325 e. The molecule has 0 atom stereocenters. The fourth-order valence-electron chi connectivity index (χ4n) is 2.71. The first-order valence-electron chi connectivity index (χ1n) is 9.10. The first-order valence-corrected chi connectivity index (χ1v) is 10.1. The number of thioether (sulfide) groups is 1. The Bertz CT molecular complexity index is 1100. The summed E-state index contributed by atoms with van der Waals surface area (Å²) in [6.07, 6.45) is 0. The number of aromatic nitrogens is 2. The second-order valence-corrected chi connectivity index (χ2v) is 7.65. The first kappa shape index (κ1) is 20.4. The predicted octanol–water partition coefficient (Wildman–Crippen LogP) is 4.16. The number of anilines is 1. The van der Waals surface area contributed by atoms with Gasteiger partial charge in [-0.15, -0.1) is 0 Å². The summed E-state index contributed by atoms with van der Waals surface area (Å²) in [5, 5.41) is 12.4. The molecule has 2 aromatic carbocycles. The Morgan fingerprint density at radius 1 is 1.17 bits per heavy atom. The SMILES string of the molecule is CC(C)c1ccc(NC(=O)CSc2nc(-c3ccccc3)c(C#N)c(=O)[nH]2)cc1. The van der Waals surface area contributed by atoms with Crippen molar-refractivity contribution in [1.29, 1.82) is 5.26 Å². The maximum absolute atomic E-state index is 12.3. The van der Waals surface area contributed by atoms with E-state index in [1.807, 2.05) is 48.5 Å². The zero-order valence-corrected chi connectivity index (χ0v) is 16.9. The molecule has 0 aliphatic heterocycles.